The Kier molecular flexibility index (Phi) is 6.09. The first-order chi connectivity index (χ1) is 9.24. The zero-order valence-electron chi connectivity index (χ0n) is 12.2. The van der Waals surface area contributed by atoms with E-state index in [-0.39, 0.29) is 60.6 Å². The Bertz CT molecular complexity index is 361. The average molecular weight is 367 g/mol. The summed E-state index contributed by atoms with van der Waals surface area (Å²) in [6, 6.07) is 0.0734. The SMILES string of the molecule is Cl.Cl.N[C@@H]1CC[C@@H]2[C@H](C1)C2(F)F.N[C@H]1CC[C@H]2[C@@H](C1)C2(F)F. The number of fused-ring (bicyclic) bond motifs is 2. The molecule has 4 rings (SSSR count). The maximum absolute atomic E-state index is 12.6. The maximum atomic E-state index is 12.6. The van der Waals surface area contributed by atoms with Gasteiger partial charge in [-0.2, -0.15) is 0 Å². The van der Waals surface area contributed by atoms with Gasteiger partial charge in [0.2, 0.25) is 0 Å². The normalized spacial score (nSPS) is 45.5. The van der Waals surface area contributed by atoms with Gasteiger partial charge in [-0.1, -0.05) is 0 Å². The Hall–Kier alpha value is 0.220. The third kappa shape index (κ3) is 3.50. The summed E-state index contributed by atoms with van der Waals surface area (Å²) in [5.41, 5.74) is 11.1. The van der Waals surface area contributed by atoms with Crippen LogP contribution in [0, 0.1) is 23.7 Å². The van der Waals surface area contributed by atoms with Crippen LogP contribution < -0.4 is 11.5 Å². The van der Waals surface area contributed by atoms with Crippen LogP contribution in [-0.2, 0) is 0 Å². The van der Waals surface area contributed by atoms with Gasteiger partial charge in [0, 0.05) is 35.8 Å². The van der Waals surface area contributed by atoms with Crippen LogP contribution >= 0.6 is 24.8 Å². The van der Waals surface area contributed by atoms with E-state index in [1.807, 2.05) is 0 Å². The zero-order chi connectivity index (χ0) is 14.7. The Morgan fingerprint density at radius 3 is 1.14 bits per heavy atom. The third-order valence-electron chi connectivity index (χ3n) is 5.54. The van der Waals surface area contributed by atoms with E-state index in [4.69, 9.17) is 11.5 Å². The number of rotatable bonds is 0. The molecule has 4 fully saturated rings. The first-order valence-electron chi connectivity index (χ1n) is 7.51. The van der Waals surface area contributed by atoms with E-state index in [9.17, 15) is 17.6 Å². The van der Waals surface area contributed by atoms with Gasteiger partial charge in [0.1, 0.15) is 0 Å². The summed E-state index contributed by atoms with van der Waals surface area (Å²) in [7, 11) is 0. The summed E-state index contributed by atoms with van der Waals surface area (Å²) < 4.78 is 50.5. The van der Waals surface area contributed by atoms with Gasteiger partial charge in [-0.05, 0) is 38.5 Å². The Labute approximate surface area is 140 Å². The van der Waals surface area contributed by atoms with Crippen LogP contribution in [0.4, 0.5) is 17.6 Å². The van der Waals surface area contributed by atoms with Gasteiger partial charge in [-0.15, -0.1) is 24.8 Å². The lowest BCUT2D eigenvalue weighted by Gasteiger charge is -2.13. The zero-order valence-corrected chi connectivity index (χ0v) is 13.8. The summed E-state index contributed by atoms with van der Waals surface area (Å²) in [6.07, 6.45) is 3.93. The molecule has 0 aromatic heterocycles. The van der Waals surface area contributed by atoms with Crippen LogP contribution in [-0.4, -0.2) is 23.9 Å². The van der Waals surface area contributed by atoms with Crippen molar-refractivity contribution in [2.45, 2.75) is 62.5 Å². The van der Waals surface area contributed by atoms with E-state index < -0.39 is 11.8 Å². The predicted molar refractivity (Wildman–Crippen MR) is 82.0 cm³/mol. The smallest absolute Gasteiger partial charge is 0.254 e. The molecule has 8 heteroatoms. The molecule has 0 aromatic rings. The van der Waals surface area contributed by atoms with Crippen molar-refractivity contribution in [3.63, 3.8) is 0 Å². The number of hydrogen-bond acceptors (Lipinski definition) is 2. The summed E-state index contributed by atoms with van der Waals surface area (Å²) >= 11 is 0. The predicted octanol–water partition coefficient (Wildman–Crippen LogP) is 3.60. The van der Waals surface area contributed by atoms with Crippen molar-refractivity contribution in [3.8, 4) is 0 Å². The van der Waals surface area contributed by atoms with Crippen molar-refractivity contribution in [3.05, 3.63) is 0 Å². The van der Waals surface area contributed by atoms with E-state index in [1.54, 1.807) is 0 Å². The van der Waals surface area contributed by atoms with Crippen LogP contribution in [0.5, 0.6) is 0 Å². The standard InChI is InChI=1S/2C7H11F2N.2ClH/c2*8-7(9)5-2-1-4(10)3-6(5)7;;/h2*4-6H,1-3,10H2;2*1H/t2*4-,5-,6+;;/m10../s1. The molecule has 0 spiro atoms. The summed E-state index contributed by atoms with van der Waals surface area (Å²) in [6.45, 7) is 0. The number of halogens is 6. The van der Waals surface area contributed by atoms with Crippen molar-refractivity contribution in [2.24, 2.45) is 35.1 Å². The van der Waals surface area contributed by atoms with Crippen molar-refractivity contribution in [2.75, 3.05) is 0 Å². The molecule has 0 bridgehead atoms. The molecule has 4 aliphatic carbocycles. The van der Waals surface area contributed by atoms with E-state index in [0.717, 1.165) is 12.8 Å². The van der Waals surface area contributed by atoms with Crippen molar-refractivity contribution >= 4 is 24.8 Å². The second-order valence-electron chi connectivity index (χ2n) is 6.92. The summed E-state index contributed by atoms with van der Waals surface area (Å²) in [5, 5.41) is 0. The molecule has 0 unspecified atom stereocenters. The van der Waals surface area contributed by atoms with Gasteiger partial charge >= 0.3 is 0 Å². The van der Waals surface area contributed by atoms with Gasteiger partial charge in [0.25, 0.3) is 11.8 Å². The second-order valence-corrected chi connectivity index (χ2v) is 6.92. The highest BCUT2D eigenvalue weighted by atomic mass is 35.5. The third-order valence-corrected chi connectivity index (χ3v) is 5.54. The Morgan fingerprint density at radius 2 is 0.909 bits per heavy atom. The number of alkyl halides is 4. The fourth-order valence-electron chi connectivity index (χ4n) is 4.03. The molecule has 0 aliphatic heterocycles. The lowest BCUT2D eigenvalue weighted by atomic mass is 9.97. The maximum Gasteiger partial charge on any atom is 0.254 e. The van der Waals surface area contributed by atoms with Crippen LogP contribution in [0.25, 0.3) is 0 Å². The van der Waals surface area contributed by atoms with E-state index >= 15 is 0 Å². The topological polar surface area (TPSA) is 52.0 Å². The monoisotopic (exact) mass is 366 g/mol. The highest BCUT2D eigenvalue weighted by Crippen LogP contribution is 2.62. The first-order valence-corrected chi connectivity index (χ1v) is 7.51. The van der Waals surface area contributed by atoms with E-state index in [2.05, 4.69) is 0 Å². The molecule has 6 atom stereocenters. The molecule has 4 aliphatic rings. The second kappa shape index (κ2) is 6.61. The first kappa shape index (κ1) is 20.3. The molecule has 0 radical (unpaired) electrons. The van der Waals surface area contributed by atoms with Crippen LogP contribution in [0.3, 0.4) is 0 Å². The molecule has 132 valence electrons. The van der Waals surface area contributed by atoms with Crippen molar-refractivity contribution in [1.29, 1.82) is 0 Å². The van der Waals surface area contributed by atoms with Crippen LogP contribution in [0.1, 0.15) is 38.5 Å². The molecule has 0 amide bonds. The largest absolute Gasteiger partial charge is 0.328 e. The summed E-state index contributed by atoms with van der Waals surface area (Å²) in [5.74, 6) is -6.06. The van der Waals surface area contributed by atoms with E-state index in [0.29, 0.717) is 25.7 Å². The Morgan fingerprint density at radius 1 is 0.591 bits per heavy atom. The molecule has 0 saturated heterocycles. The fourth-order valence-corrected chi connectivity index (χ4v) is 4.03. The molecule has 0 heterocycles. The van der Waals surface area contributed by atoms with E-state index in [1.165, 1.54) is 0 Å². The number of hydrogen-bond donors (Lipinski definition) is 2. The lowest BCUT2D eigenvalue weighted by Crippen LogP contribution is -2.23. The van der Waals surface area contributed by atoms with Gasteiger partial charge in [0.05, 0.1) is 0 Å². The number of nitrogens with two attached hydrogens (primary N) is 2. The van der Waals surface area contributed by atoms with Crippen LogP contribution in [0.15, 0.2) is 0 Å². The van der Waals surface area contributed by atoms with Gasteiger partial charge in [-0.3, -0.25) is 0 Å². The highest BCUT2D eigenvalue weighted by molar-refractivity contribution is 5.85. The molecule has 4 saturated carbocycles. The quantitative estimate of drug-likeness (QED) is 0.643. The highest BCUT2D eigenvalue weighted by Gasteiger charge is 2.69. The van der Waals surface area contributed by atoms with Crippen LogP contribution in [0.2, 0.25) is 0 Å². The van der Waals surface area contributed by atoms with Crippen molar-refractivity contribution < 1.29 is 17.6 Å². The lowest BCUT2D eigenvalue weighted by molar-refractivity contribution is 0.0842. The fraction of sp³-hybridized carbons (Fsp3) is 1.00. The summed E-state index contributed by atoms with van der Waals surface area (Å²) in [4.78, 5) is 0. The molecular formula is C14H24Cl2F4N2. The minimum Gasteiger partial charge on any atom is -0.328 e. The van der Waals surface area contributed by atoms with Gasteiger partial charge in [0.15, 0.2) is 0 Å². The van der Waals surface area contributed by atoms with Gasteiger partial charge < -0.3 is 11.5 Å². The molecule has 0 aromatic carbocycles. The minimum atomic E-state index is -2.35. The van der Waals surface area contributed by atoms with Crippen molar-refractivity contribution in [1.82, 2.24) is 0 Å². The molecule has 22 heavy (non-hydrogen) atoms. The molecule has 2 nitrogen and oxygen atoms in total. The Balaban J connectivity index is 0.000000202. The van der Waals surface area contributed by atoms with Gasteiger partial charge in [-0.25, -0.2) is 17.6 Å². The minimum absolute atomic E-state index is 0. The average Bonchev–Trinajstić information content (AvgIpc) is 3.12. The molecule has 4 N–H and O–H groups in total. The molecular weight excluding hydrogens is 343 g/mol.